The van der Waals surface area contributed by atoms with Crippen molar-refractivity contribution < 1.29 is 38.4 Å². The zero-order chi connectivity index (χ0) is 32.9. The van der Waals surface area contributed by atoms with E-state index in [2.05, 4.69) is 13.2 Å². The molecule has 2 fully saturated rings. The van der Waals surface area contributed by atoms with Gasteiger partial charge in [0.05, 0.1) is 5.41 Å². The highest BCUT2D eigenvalue weighted by Gasteiger charge is 2.53. The Balaban J connectivity index is 0.000000248. The molecular weight excluding hydrogens is 576 g/mol. The first-order chi connectivity index (χ1) is 21.7. The highest BCUT2D eigenvalue weighted by molar-refractivity contribution is 6.10. The lowest BCUT2D eigenvalue weighted by molar-refractivity contribution is -0.216. The lowest BCUT2D eigenvalue weighted by atomic mass is 9.74. The second kappa shape index (κ2) is 16.6. The van der Waals surface area contributed by atoms with Crippen LogP contribution in [0.1, 0.15) is 69.9 Å². The number of rotatable bonds is 13. The summed E-state index contributed by atoms with van der Waals surface area (Å²) in [6.07, 6.45) is 5.74. The SMILES string of the molecule is C=CCOC(=O)C1(CC)CCC(=O)N(OCc2ccccc2)C1=O.C=CC[C@]1(CC)CCC(=O)N(OCc2ccccc2)C1=O. The van der Waals surface area contributed by atoms with Crippen molar-refractivity contribution in [2.45, 2.75) is 72.0 Å². The van der Waals surface area contributed by atoms with Crippen molar-refractivity contribution in [3.63, 3.8) is 0 Å². The molecule has 0 radical (unpaired) electrons. The van der Waals surface area contributed by atoms with Crippen LogP contribution in [0.3, 0.4) is 0 Å². The van der Waals surface area contributed by atoms with Crippen molar-refractivity contribution in [1.82, 2.24) is 10.1 Å². The zero-order valence-corrected chi connectivity index (χ0v) is 26.1. The smallest absolute Gasteiger partial charge is 0.322 e. The molecule has 0 spiro atoms. The molecule has 0 bridgehead atoms. The average Bonchev–Trinajstić information content (AvgIpc) is 3.06. The topological polar surface area (TPSA) is 120 Å². The van der Waals surface area contributed by atoms with E-state index in [1.165, 1.54) is 6.08 Å². The third kappa shape index (κ3) is 8.40. The predicted octanol–water partition coefficient (Wildman–Crippen LogP) is 5.63. The molecule has 2 aliphatic heterocycles. The van der Waals surface area contributed by atoms with Gasteiger partial charge in [-0.15, -0.1) is 6.58 Å². The summed E-state index contributed by atoms with van der Waals surface area (Å²) >= 11 is 0. The number of hydrogen-bond acceptors (Lipinski definition) is 8. The van der Waals surface area contributed by atoms with Crippen LogP contribution >= 0.6 is 0 Å². The summed E-state index contributed by atoms with van der Waals surface area (Å²) in [5.41, 5.74) is -0.186. The van der Waals surface area contributed by atoms with Gasteiger partial charge in [-0.25, -0.2) is 0 Å². The Kier molecular flexibility index (Phi) is 12.9. The van der Waals surface area contributed by atoms with Gasteiger partial charge in [-0.2, -0.15) is 10.1 Å². The molecule has 45 heavy (non-hydrogen) atoms. The second-order valence-electron chi connectivity index (χ2n) is 11.0. The molecule has 2 atom stereocenters. The molecule has 0 aromatic heterocycles. The standard InChI is InChI=1S/C18H21NO5.C17H21NO3/c1-3-12-23-17(22)18(4-2)11-10-15(20)19(16(18)21)24-13-14-8-6-5-7-9-14;1-3-11-17(4-2)12-10-15(19)18(16(17)20)21-13-14-8-6-5-7-9-14/h3,5-9H,1,4,10-13H2,2H3;3,5-9H,1,4,10-13H2,2H3/t;17-/m.1/s1. The predicted molar refractivity (Wildman–Crippen MR) is 166 cm³/mol. The summed E-state index contributed by atoms with van der Waals surface area (Å²) in [7, 11) is 0. The minimum Gasteiger partial charge on any atom is -0.461 e. The molecule has 1 unspecified atom stereocenters. The molecule has 0 aliphatic carbocycles. The minimum absolute atomic E-state index is 0.0205. The normalized spacial score (nSPS) is 21.6. The second-order valence-corrected chi connectivity index (χ2v) is 11.0. The van der Waals surface area contributed by atoms with E-state index in [1.807, 2.05) is 67.6 Å². The summed E-state index contributed by atoms with van der Waals surface area (Å²) in [6, 6.07) is 18.7. The van der Waals surface area contributed by atoms with Crippen LogP contribution < -0.4 is 0 Å². The first-order valence-electron chi connectivity index (χ1n) is 15.2. The fraction of sp³-hybridized carbons (Fsp3) is 0.400. The van der Waals surface area contributed by atoms with Crippen molar-refractivity contribution >= 4 is 29.6 Å². The van der Waals surface area contributed by atoms with E-state index in [0.717, 1.165) is 21.3 Å². The van der Waals surface area contributed by atoms with E-state index >= 15 is 0 Å². The Morgan fingerprint density at radius 2 is 1.27 bits per heavy atom. The van der Waals surface area contributed by atoms with Gasteiger partial charge in [-0.3, -0.25) is 33.6 Å². The van der Waals surface area contributed by atoms with Crippen molar-refractivity contribution in [3.05, 3.63) is 97.1 Å². The number of piperidine rings is 2. The van der Waals surface area contributed by atoms with Crippen LogP contribution in [0.2, 0.25) is 0 Å². The molecule has 240 valence electrons. The van der Waals surface area contributed by atoms with Gasteiger partial charge >= 0.3 is 5.97 Å². The number of allylic oxidation sites excluding steroid dienone is 1. The van der Waals surface area contributed by atoms with Gasteiger partial charge in [-0.1, -0.05) is 93.2 Å². The van der Waals surface area contributed by atoms with Crippen molar-refractivity contribution in [3.8, 4) is 0 Å². The van der Waals surface area contributed by atoms with Crippen LogP contribution in [-0.4, -0.2) is 46.3 Å². The number of carbonyl (C=O) groups is 5. The van der Waals surface area contributed by atoms with Gasteiger partial charge in [0.25, 0.3) is 23.6 Å². The third-order valence-corrected chi connectivity index (χ3v) is 8.21. The Morgan fingerprint density at radius 1 is 0.756 bits per heavy atom. The van der Waals surface area contributed by atoms with E-state index in [-0.39, 0.29) is 50.9 Å². The first-order valence-corrected chi connectivity index (χ1v) is 15.2. The highest BCUT2D eigenvalue weighted by atomic mass is 16.7. The first kappa shape index (κ1) is 35.1. The molecule has 4 amide bonds. The van der Waals surface area contributed by atoms with E-state index in [9.17, 15) is 24.0 Å². The van der Waals surface area contributed by atoms with Crippen LogP contribution in [0.15, 0.2) is 86.0 Å². The summed E-state index contributed by atoms with van der Waals surface area (Å²) < 4.78 is 5.07. The Hall–Kier alpha value is -4.41. The van der Waals surface area contributed by atoms with Crippen LogP contribution in [0.25, 0.3) is 0 Å². The monoisotopic (exact) mass is 618 g/mol. The van der Waals surface area contributed by atoms with Crippen LogP contribution in [0, 0.1) is 10.8 Å². The number of esters is 1. The quantitative estimate of drug-likeness (QED) is 0.123. The van der Waals surface area contributed by atoms with Crippen molar-refractivity contribution in [2.75, 3.05) is 6.61 Å². The van der Waals surface area contributed by atoms with Gasteiger partial charge in [0.2, 0.25) is 0 Å². The molecule has 0 N–H and O–H groups in total. The molecule has 4 rings (SSSR count). The van der Waals surface area contributed by atoms with Gasteiger partial charge in [0.1, 0.15) is 25.2 Å². The maximum Gasteiger partial charge on any atom is 0.322 e. The van der Waals surface area contributed by atoms with E-state index in [0.29, 0.717) is 25.7 Å². The highest BCUT2D eigenvalue weighted by Crippen LogP contribution is 2.39. The molecule has 10 nitrogen and oxygen atoms in total. The number of amides is 4. The molecular formula is C35H42N2O8. The number of ether oxygens (including phenoxy) is 1. The van der Waals surface area contributed by atoms with E-state index in [4.69, 9.17) is 14.4 Å². The van der Waals surface area contributed by atoms with Gasteiger partial charge in [0.15, 0.2) is 0 Å². The Morgan fingerprint density at radius 3 is 1.73 bits per heavy atom. The van der Waals surface area contributed by atoms with Gasteiger partial charge < -0.3 is 4.74 Å². The van der Waals surface area contributed by atoms with Crippen molar-refractivity contribution in [1.29, 1.82) is 0 Å². The van der Waals surface area contributed by atoms with Gasteiger partial charge in [0, 0.05) is 12.8 Å². The van der Waals surface area contributed by atoms with Crippen LogP contribution in [-0.2, 0) is 51.6 Å². The summed E-state index contributed by atoms with van der Waals surface area (Å²) in [5, 5.41) is 1.68. The maximum atomic E-state index is 12.8. The maximum absolute atomic E-state index is 12.8. The zero-order valence-electron chi connectivity index (χ0n) is 26.1. The molecule has 2 saturated heterocycles. The summed E-state index contributed by atoms with van der Waals surface area (Å²) in [4.78, 5) is 72.7. The Labute approximate surface area is 264 Å². The molecule has 2 aliphatic rings. The fourth-order valence-electron chi connectivity index (χ4n) is 5.28. The third-order valence-electron chi connectivity index (χ3n) is 8.21. The van der Waals surface area contributed by atoms with Gasteiger partial charge in [-0.05, 0) is 43.2 Å². The lowest BCUT2D eigenvalue weighted by Gasteiger charge is -2.38. The molecule has 10 heteroatoms. The molecule has 2 heterocycles. The average molecular weight is 619 g/mol. The van der Waals surface area contributed by atoms with E-state index in [1.54, 1.807) is 13.0 Å². The number of nitrogens with zero attached hydrogens (tertiary/aromatic N) is 2. The fourth-order valence-corrected chi connectivity index (χ4v) is 5.28. The summed E-state index contributed by atoms with van der Waals surface area (Å²) in [5.74, 6) is -2.25. The number of benzene rings is 2. The minimum atomic E-state index is -1.38. The molecule has 2 aromatic carbocycles. The Bertz CT molecular complexity index is 1360. The van der Waals surface area contributed by atoms with E-state index < -0.39 is 28.6 Å². The lowest BCUT2D eigenvalue weighted by Crippen LogP contribution is -2.55. The molecule has 2 aromatic rings. The van der Waals surface area contributed by atoms with Crippen LogP contribution in [0.5, 0.6) is 0 Å². The summed E-state index contributed by atoms with van der Waals surface area (Å²) in [6.45, 7) is 11.2. The number of imide groups is 2. The van der Waals surface area contributed by atoms with Crippen molar-refractivity contribution in [2.24, 2.45) is 10.8 Å². The number of carbonyl (C=O) groups excluding carboxylic acids is 5. The molecule has 0 saturated carbocycles. The van der Waals surface area contributed by atoms with Crippen LogP contribution in [0.4, 0.5) is 0 Å². The number of hydroxylamine groups is 4. The largest absolute Gasteiger partial charge is 0.461 e. The number of hydrogen-bond donors (Lipinski definition) is 0.